The third kappa shape index (κ3) is 4.13. The van der Waals surface area contributed by atoms with Crippen LogP contribution in [0.5, 0.6) is 0 Å². The highest BCUT2D eigenvalue weighted by Crippen LogP contribution is 2.33. The van der Waals surface area contributed by atoms with Crippen molar-refractivity contribution in [2.45, 2.75) is 13.8 Å². The Morgan fingerprint density at radius 1 is 1.11 bits per heavy atom. The summed E-state index contributed by atoms with van der Waals surface area (Å²) in [5.41, 5.74) is 0.624. The van der Waals surface area contributed by atoms with Crippen molar-refractivity contribution in [3.8, 4) is 0 Å². The van der Waals surface area contributed by atoms with Gasteiger partial charge in [0.1, 0.15) is 5.41 Å². The Hall–Kier alpha value is -2.57. The number of hydrogen-bond donors (Lipinski definition) is 1. The molecular weight excluding hydrogens is 401 g/mol. The zero-order chi connectivity index (χ0) is 20.3. The first-order chi connectivity index (χ1) is 13.3. The van der Waals surface area contributed by atoms with E-state index in [0.29, 0.717) is 27.0 Å². The van der Waals surface area contributed by atoms with Gasteiger partial charge in [-0.3, -0.25) is 4.79 Å². The largest absolute Gasteiger partial charge is 0.465 e. The number of rotatable bonds is 4. The lowest BCUT2D eigenvalue weighted by atomic mass is 9.82. The molecule has 0 radical (unpaired) electrons. The quantitative estimate of drug-likeness (QED) is 0.722. The van der Waals surface area contributed by atoms with E-state index in [1.165, 1.54) is 5.01 Å². The van der Waals surface area contributed by atoms with Crippen LogP contribution in [-0.4, -0.2) is 35.9 Å². The number of carbonyl (C=O) groups excluding carboxylic acids is 2. The highest BCUT2D eigenvalue weighted by atomic mass is 35.5. The molecular formula is C20H19Cl2N3O3. The molecule has 2 aromatic rings. The summed E-state index contributed by atoms with van der Waals surface area (Å²) in [5, 5.41) is 9.54. The number of anilines is 1. The minimum atomic E-state index is -1.10. The highest BCUT2D eigenvalue weighted by Gasteiger charge is 2.48. The van der Waals surface area contributed by atoms with Gasteiger partial charge in [-0.25, -0.2) is 9.80 Å². The second-order valence-electron chi connectivity index (χ2n) is 6.50. The molecule has 1 heterocycles. The Morgan fingerprint density at radius 2 is 1.68 bits per heavy atom. The number of nitrogens with zero attached hydrogens (tertiary/aromatic N) is 2. The molecule has 0 saturated carbocycles. The van der Waals surface area contributed by atoms with Gasteiger partial charge in [-0.1, -0.05) is 35.3 Å². The first-order valence-corrected chi connectivity index (χ1v) is 9.45. The van der Waals surface area contributed by atoms with Gasteiger partial charge >= 0.3 is 12.0 Å². The maximum absolute atomic E-state index is 12.7. The highest BCUT2D eigenvalue weighted by molar-refractivity contribution is 6.31. The number of nitrogens with one attached hydrogen (secondary N) is 1. The molecule has 0 fully saturated rings. The second-order valence-corrected chi connectivity index (χ2v) is 7.38. The third-order valence-corrected chi connectivity index (χ3v) is 4.89. The number of benzene rings is 2. The molecule has 0 bridgehead atoms. The van der Waals surface area contributed by atoms with E-state index in [0.717, 1.165) is 0 Å². The summed E-state index contributed by atoms with van der Waals surface area (Å²) >= 11 is 11.8. The smallest absolute Gasteiger partial charge is 0.342 e. The van der Waals surface area contributed by atoms with Gasteiger partial charge in [-0.05, 0) is 55.8 Å². The maximum Gasteiger partial charge on any atom is 0.342 e. The van der Waals surface area contributed by atoms with E-state index in [2.05, 4.69) is 10.4 Å². The molecule has 1 N–H and O–H groups in total. The number of amides is 2. The lowest BCUT2D eigenvalue weighted by molar-refractivity contribution is -0.150. The molecule has 8 heteroatoms. The van der Waals surface area contributed by atoms with E-state index >= 15 is 0 Å². The molecule has 3 rings (SSSR count). The Morgan fingerprint density at radius 3 is 2.25 bits per heavy atom. The van der Waals surface area contributed by atoms with E-state index in [9.17, 15) is 9.59 Å². The van der Waals surface area contributed by atoms with Crippen LogP contribution in [0.3, 0.4) is 0 Å². The van der Waals surface area contributed by atoms with Crippen molar-refractivity contribution in [1.29, 1.82) is 0 Å². The van der Waals surface area contributed by atoms with Crippen molar-refractivity contribution in [2.75, 3.05) is 18.5 Å². The minimum absolute atomic E-state index is 0.0587. The number of urea groups is 1. The Labute approximate surface area is 173 Å². The predicted molar refractivity (Wildman–Crippen MR) is 110 cm³/mol. The van der Waals surface area contributed by atoms with Crippen molar-refractivity contribution in [3.05, 3.63) is 64.1 Å². The summed E-state index contributed by atoms with van der Waals surface area (Å²) in [6, 6.07) is 13.2. The Kier molecular flexibility index (Phi) is 5.91. The molecule has 146 valence electrons. The molecule has 1 atom stereocenters. The van der Waals surface area contributed by atoms with E-state index in [4.69, 9.17) is 27.9 Å². The third-order valence-electron chi connectivity index (χ3n) is 4.38. The molecule has 1 aliphatic rings. The van der Waals surface area contributed by atoms with E-state index in [1.54, 1.807) is 62.4 Å². The summed E-state index contributed by atoms with van der Waals surface area (Å²) < 4.78 is 5.24. The number of carbonyl (C=O) groups is 2. The molecule has 0 saturated heterocycles. The predicted octanol–water partition coefficient (Wildman–Crippen LogP) is 4.81. The Balaban J connectivity index is 1.90. The summed E-state index contributed by atoms with van der Waals surface area (Å²) in [6.07, 6.45) is 0. The summed E-state index contributed by atoms with van der Waals surface area (Å²) in [6.45, 7) is 3.75. The van der Waals surface area contributed by atoms with Crippen LogP contribution < -0.4 is 5.32 Å². The zero-order valence-electron chi connectivity index (χ0n) is 15.4. The average Bonchev–Trinajstić information content (AvgIpc) is 3.04. The monoisotopic (exact) mass is 419 g/mol. The van der Waals surface area contributed by atoms with Gasteiger partial charge in [-0.2, -0.15) is 5.10 Å². The molecule has 0 aliphatic carbocycles. The topological polar surface area (TPSA) is 71.0 Å². The van der Waals surface area contributed by atoms with Gasteiger partial charge in [0.15, 0.2) is 0 Å². The van der Waals surface area contributed by atoms with Gasteiger partial charge < -0.3 is 10.1 Å². The van der Waals surface area contributed by atoms with Gasteiger partial charge in [0.2, 0.25) is 0 Å². The molecule has 2 aromatic carbocycles. The van der Waals surface area contributed by atoms with Crippen LogP contribution >= 0.6 is 23.2 Å². The van der Waals surface area contributed by atoms with E-state index in [-0.39, 0.29) is 13.2 Å². The molecule has 6 nitrogen and oxygen atoms in total. The number of halogens is 2. The fraction of sp³-hybridized carbons (Fsp3) is 0.250. The first-order valence-electron chi connectivity index (χ1n) is 8.70. The SMILES string of the molecule is CCOC(=O)C1(C)CN(C(=O)Nc2ccc(Cl)cc2)N=C1c1ccc(Cl)cc1. The van der Waals surface area contributed by atoms with E-state index in [1.807, 2.05) is 0 Å². The standard InChI is InChI=1S/C20H19Cl2N3O3/c1-3-28-18(26)20(2)12-25(19(27)23-16-10-8-15(22)9-11-16)24-17(20)13-4-6-14(21)7-5-13/h4-11H,3,12H2,1-2H3,(H,23,27). The lowest BCUT2D eigenvalue weighted by Gasteiger charge is -2.24. The van der Waals surface area contributed by atoms with Gasteiger partial charge in [0.05, 0.1) is 18.9 Å². The van der Waals surface area contributed by atoms with Crippen LogP contribution in [0, 0.1) is 5.41 Å². The van der Waals surface area contributed by atoms with Crippen molar-refractivity contribution >= 4 is 46.6 Å². The van der Waals surface area contributed by atoms with Gasteiger partial charge in [-0.15, -0.1) is 0 Å². The van der Waals surface area contributed by atoms with Crippen molar-refractivity contribution < 1.29 is 14.3 Å². The number of ether oxygens (including phenoxy) is 1. The first kappa shape index (κ1) is 20.2. The van der Waals surface area contributed by atoms with Crippen LogP contribution in [-0.2, 0) is 9.53 Å². The number of hydrogen-bond acceptors (Lipinski definition) is 4. The maximum atomic E-state index is 12.7. The summed E-state index contributed by atoms with van der Waals surface area (Å²) in [7, 11) is 0. The molecule has 2 amide bonds. The average molecular weight is 420 g/mol. The van der Waals surface area contributed by atoms with Gasteiger partial charge in [0.25, 0.3) is 0 Å². The lowest BCUT2D eigenvalue weighted by Crippen LogP contribution is -2.42. The van der Waals surface area contributed by atoms with Crippen molar-refractivity contribution in [1.82, 2.24) is 5.01 Å². The fourth-order valence-corrected chi connectivity index (χ4v) is 3.17. The zero-order valence-corrected chi connectivity index (χ0v) is 16.9. The van der Waals surface area contributed by atoms with Gasteiger partial charge in [0, 0.05) is 15.7 Å². The molecule has 28 heavy (non-hydrogen) atoms. The van der Waals surface area contributed by atoms with E-state index < -0.39 is 17.4 Å². The minimum Gasteiger partial charge on any atom is -0.465 e. The van der Waals surface area contributed by atoms with Crippen LogP contribution in [0.25, 0.3) is 0 Å². The summed E-state index contributed by atoms with van der Waals surface area (Å²) in [4.78, 5) is 25.4. The molecule has 1 unspecified atom stereocenters. The number of hydrazone groups is 1. The van der Waals surface area contributed by atoms with Crippen LogP contribution in [0.4, 0.5) is 10.5 Å². The molecule has 0 aromatic heterocycles. The van der Waals surface area contributed by atoms with Crippen LogP contribution in [0.15, 0.2) is 53.6 Å². The number of esters is 1. The fourth-order valence-electron chi connectivity index (χ4n) is 2.91. The normalized spacial score (nSPS) is 18.6. The van der Waals surface area contributed by atoms with Crippen molar-refractivity contribution in [3.63, 3.8) is 0 Å². The van der Waals surface area contributed by atoms with Crippen molar-refractivity contribution in [2.24, 2.45) is 10.5 Å². The van der Waals surface area contributed by atoms with Crippen LogP contribution in [0.1, 0.15) is 19.4 Å². The molecule has 1 aliphatic heterocycles. The Bertz CT molecular complexity index is 913. The molecule has 0 spiro atoms. The van der Waals surface area contributed by atoms with Crippen LogP contribution in [0.2, 0.25) is 10.0 Å². The second kappa shape index (κ2) is 8.20. The summed E-state index contributed by atoms with van der Waals surface area (Å²) in [5.74, 6) is -0.439.